The minimum atomic E-state index is -0.984. The van der Waals surface area contributed by atoms with Crippen LogP contribution in [0.1, 0.15) is 26.7 Å². The maximum Gasteiger partial charge on any atom is 0.358 e. The van der Waals surface area contributed by atoms with Gasteiger partial charge in [0, 0.05) is 18.9 Å². The monoisotopic (exact) mass is 266 g/mol. The van der Waals surface area contributed by atoms with Crippen LogP contribution in [0.25, 0.3) is 0 Å². The van der Waals surface area contributed by atoms with Crippen LogP contribution in [0, 0.1) is 6.92 Å². The number of carboxylic acid groups (broad SMARTS) is 1. The zero-order valence-electron chi connectivity index (χ0n) is 10.7. The summed E-state index contributed by atoms with van der Waals surface area (Å²) in [6.07, 6.45) is 1.39. The van der Waals surface area contributed by atoms with Crippen molar-refractivity contribution in [3.8, 4) is 0 Å². The lowest BCUT2D eigenvalue weighted by Gasteiger charge is -1.91. The smallest absolute Gasteiger partial charge is 0.358 e. The molecule has 0 saturated heterocycles. The molecule has 0 aliphatic rings. The highest BCUT2D eigenvalue weighted by atomic mass is 16.5. The van der Waals surface area contributed by atoms with Crippen LogP contribution in [-0.4, -0.2) is 44.1 Å². The molecule has 0 aliphatic heterocycles. The average molecular weight is 266 g/mol. The highest BCUT2D eigenvalue weighted by Crippen LogP contribution is 2.01. The Morgan fingerprint density at radius 2 is 2.16 bits per heavy atom. The van der Waals surface area contributed by atoms with E-state index in [0.717, 1.165) is 5.69 Å². The number of carboxylic acids is 1. The van der Waals surface area contributed by atoms with Crippen LogP contribution < -0.4 is 0 Å². The van der Waals surface area contributed by atoms with E-state index in [4.69, 9.17) is 5.11 Å². The highest BCUT2D eigenvalue weighted by molar-refractivity contribution is 5.87. The highest BCUT2D eigenvalue weighted by Gasteiger charge is 2.09. The molecule has 2 aromatic rings. The van der Waals surface area contributed by atoms with E-state index in [-0.39, 0.29) is 5.69 Å². The van der Waals surface area contributed by atoms with Crippen molar-refractivity contribution < 1.29 is 19.4 Å². The summed E-state index contributed by atoms with van der Waals surface area (Å²) in [5.74, 6) is -1.38. The van der Waals surface area contributed by atoms with E-state index >= 15 is 0 Å². The zero-order chi connectivity index (χ0) is 14.4. The van der Waals surface area contributed by atoms with E-state index in [1.54, 1.807) is 17.8 Å². The van der Waals surface area contributed by atoms with Crippen LogP contribution in [0.4, 0.5) is 0 Å². The minimum Gasteiger partial charge on any atom is -0.477 e. The van der Waals surface area contributed by atoms with Crippen molar-refractivity contribution >= 4 is 11.9 Å². The van der Waals surface area contributed by atoms with Gasteiger partial charge in [-0.1, -0.05) is 0 Å². The number of nitrogens with one attached hydrogen (secondary N) is 1. The number of hydrogen-bond acceptors (Lipinski definition) is 5. The van der Waals surface area contributed by atoms with E-state index in [1.807, 2.05) is 6.92 Å². The van der Waals surface area contributed by atoms with Gasteiger partial charge in [-0.2, -0.15) is 10.2 Å². The summed E-state index contributed by atoms with van der Waals surface area (Å²) in [7, 11) is 3.12. The number of carbonyl (C=O) groups excluding carboxylic acids is 1. The maximum atomic E-state index is 10.9. The van der Waals surface area contributed by atoms with Gasteiger partial charge in [0.25, 0.3) is 0 Å². The summed E-state index contributed by atoms with van der Waals surface area (Å²) >= 11 is 0. The summed E-state index contributed by atoms with van der Waals surface area (Å²) in [4.78, 5) is 20.9. The molecule has 0 unspecified atom stereocenters. The Morgan fingerprint density at radius 3 is 2.47 bits per heavy atom. The zero-order valence-corrected chi connectivity index (χ0v) is 10.7. The molecule has 102 valence electrons. The average Bonchev–Trinajstić information content (AvgIpc) is 3.00. The van der Waals surface area contributed by atoms with Gasteiger partial charge >= 0.3 is 11.9 Å². The third kappa shape index (κ3) is 3.95. The molecular weight excluding hydrogens is 252 g/mol. The summed E-state index contributed by atoms with van der Waals surface area (Å²) < 4.78 is 6.12. The molecule has 0 aliphatic carbocycles. The molecule has 0 bridgehead atoms. The number of hydrogen-bond donors (Lipinski definition) is 2. The van der Waals surface area contributed by atoms with Crippen LogP contribution in [0.15, 0.2) is 18.3 Å². The molecule has 0 atom stereocenters. The Hall–Kier alpha value is -2.64. The van der Waals surface area contributed by atoms with Gasteiger partial charge in [-0.05, 0) is 19.1 Å². The lowest BCUT2D eigenvalue weighted by molar-refractivity contribution is 0.0592. The summed E-state index contributed by atoms with van der Waals surface area (Å²) in [6, 6.07) is 3.08. The first-order valence-electron chi connectivity index (χ1n) is 5.27. The Labute approximate surface area is 109 Å². The molecule has 2 heterocycles. The number of aromatic amines is 1. The third-order valence-electron chi connectivity index (χ3n) is 2.24. The molecule has 0 fully saturated rings. The quantitative estimate of drug-likeness (QED) is 0.771. The fraction of sp³-hybridized carbons (Fsp3) is 0.273. The van der Waals surface area contributed by atoms with Crippen LogP contribution >= 0.6 is 0 Å². The van der Waals surface area contributed by atoms with Crippen molar-refractivity contribution in [2.45, 2.75) is 6.92 Å². The Bertz CT molecular complexity index is 540. The number of carbonyl (C=O) groups is 2. The van der Waals surface area contributed by atoms with Crippen LogP contribution in [0.3, 0.4) is 0 Å². The standard InChI is InChI=1S/C7H10N2O2.C4H4N2O2/c1-5-4-6(7(10)11-3)8-9(5)2;7-4(8)3-1-2-5-6-3/h4H,1-3H3;1-2H,(H,5,6)(H,7,8). The van der Waals surface area contributed by atoms with Gasteiger partial charge in [-0.15, -0.1) is 0 Å². The molecule has 0 saturated carbocycles. The molecule has 0 spiro atoms. The van der Waals surface area contributed by atoms with E-state index in [2.05, 4.69) is 20.0 Å². The van der Waals surface area contributed by atoms with Crippen molar-refractivity contribution in [2.75, 3.05) is 7.11 Å². The molecule has 8 nitrogen and oxygen atoms in total. The van der Waals surface area contributed by atoms with Gasteiger partial charge in [0.15, 0.2) is 5.69 Å². The first-order valence-corrected chi connectivity index (χ1v) is 5.27. The third-order valence-corrected chi connectivity index (χ3v) is 2.24. The summed E-state index contributed by atoms with van der Waals surface area (Å²) in [5.41, 5.74) is 1.41. The van der Waals surface area contributed by atoms with E-state index in [0.29, 0.717) is 5.69 Å². The van der Waals surface area contributed by atoms with Crippen molar-refractivity contribution in [1.82, 2.24) is 20.0 Å². The predicted octanol–water partition coefficient (Wildman–Crippen LogP) is 0.623. The number of methoxy groups -OCH3 is 1. The molecule has 0 radical (unpaired) electrons. The second-order valence-corrected chi connectivity index (χ2v) is 3.56. The van der Waals surface area contributed by atoms with Gasteiger partial charge in [0.2, 0.25) is 0 Å². The molecule has 2 rings (SSSR count). The largest absolute Gasteiger partial charge is 0.477 e. The number of aryl methyl sites for hydroxylation is 2. The van der Waals surface area contributed by atoms with Crippen molar-refractivity contribution in [2.24, 2.45) is 7.05 Å². The predicted molar refractivity (Wildman–Crippen MR) is 64.8 cm³/mol. The number of nitrogens with zero attached hydrogens (tertiary/aromatic N) is 3. The van der Waals surface area contributed by atoms with Gasteiger partial charge in [-0.25, -0.2) is 9.59 Å². The van der Waals surface area contributed by atoms with E-state index in [1.165, 1.54) is 19.4 Å². The Kier molecular flexibility index (Phi) is 4.81. The number of esters is 1. The Balaban J connectivity index is 0.000000200. The maximum absolute atomic E-state index is 10.9. The molecule has 19 heavy (non-hydrogen) atoms. The second kappa shape index (κ2) is 6.34. The molecule has 0 amide bonds. The Morgan fingerprint density at radius 1 is 1.47 bits per heavy atom. The van der Waals surface area contributed by atoms with E-state index < -0.39 is 11.9 Å². The first-order chi connectivity index (χ1) is 8.95. The van der Waals surface area contributed by atoms with Gasteiger partial charge in [0.05, 0.1) is 7.11 Å². The topological polar surface area (TPSA) is 110 Å². The number of ether oxygens (including phenoxy) is 1. The van der Waals surface area contributed by atoms with Crippen molar-refractivity contribution in [1.29, 1.82) is 0 Å². The number of aromatic carboxylic acids is 1. The lowest BCUT2D eigenvalue weighted by atomic mass is 10.4. The number of rotatable bonds is 2. The second-order valence-electron chi connectivity index (χ2n) is 3.56. The SMILES string of the molecule is COC(=O)c1cc(C)n(C)n1.O=C(O)c1ccn[nH]1. The normalized spacial score (nSPS) is 9.42. The molecule has 2 N–H and O–H groups in total. The lowest BCUT2D eigenvalue weighted by Crippen LogP contribution is -2.02. The fourth-order valence-electron chi connectivity index (χ4n) is 1.14. The van der Waals surface area contributed by atoms with Crippen molar-refractivity contribution in [3.05, 3.63) is 35.4 Å². The molecule has 8 heteroatoms. The van der Waals surface area contributed by atoms with Gasteiger partial charge in [-0.3, -0.25) is 9.78 Å². The number of H-pyrrole nitrogens is 1. The van der Waals surface area contributed by atoms with Crippen LogP contribution in [0.5, 0.6) is 0 Å². The van der Waals surface area contributed by atoms with Crippen molar-refractivity contribution in [3.63, 3.8) is 0 Å². The molecule has 2 aromatic heterocycles. The van der Waals surface area contributed by atoms with E-state index in [9.17, 15) is 9.59 Å². The fourth-order valence-corrected chi connectivity index (χ4v) is 1.14. The van der Waals surface area contributed by atoms with Crippen LogP contribution in [0.2, 0.25) is 0 Å². The molecular formula is C11H14N4O4. The minimum absolute atomic E-state index is 0.116. The van der Waals surface area contributed by atoms with Gasteiger partial charge in [0.1, 0.15) is 5.69 Å². The van der Waals surface area contributed by atoms with Crippen LogP contribution in [-0.2, 0) is 11.8 Å². The van der Waals surface area contributed by atoms with Gasteiger partial charge < -0.3 is 9.84 Å². The summed E-state index contributed by atoms with van der Waals surface area (Å²) in [5, 5.41) is 17.9. The summed E-state index contributed by atoms with van der Waals surface area (Å²) in [6.45, 7) is 1.87. The molecule has 0 aromatic carbocycles. The number of aromatic nitrogens is 4. The first kappa shape index (κ1) is 14.4.